The fourth-order valence-corrected chi connectivity index (χ4v) is 8.58. The van der Waals surface area contributed by atoms with Gasteiger partial charge in [0.25, 0.3) is 5.91 Å². The molecule has 42 heavy (non-hydrogen) atoms. The maximum absolute atomic E-state index is 14.2. The van der Waals surface area contributed by atoms with Crippen molar-refractivity contribution in [1.82, 2.24) is 9.21 Å². The molecule has 0 aliphatic carbocycles. The molecule has 0 bridgehead atoms. The van der Waals surface area contributed by atoms with Crippen LogP contribution in [0.2, 0.25) is 0 Å². The molecule has 0 saturated carbocycles. The van der Waals surface area contributed by atoms with Crippen molar-refractivity contribution >= 4 is 21.6 Å². The van der Waals surface area contributed by atoms with Gasteiger partial charge in [0.1, 0.15) is 5.75 Å². The van der Waals surface area contributed by atoms with E-state index in [1.807, 2.05) is 0 Å². The summed E-state index contributed by atoms with van der Waals surface area (Å²) in [5.74, 6) is 0.291. The number of aryl methyl sites for hydroxylation is 2. The predicted molar refractivity (Wildman–Crippen MR) is 164 cm³/mol. The second-order valence-corrected chi connectivity index (χ2v) is 13.7. The van der Waals surface area contributed by atoms with Crippen LogP contribution in [0.15, 0.2) is 59.5 Å². The standard InChI is InChI=1S/C33H39N3O5S/c1-21-8-7-9-26(23(21)3)24-10-12-25(13-11-24)33-28-18-35(14-5-6-15-36(28)29(33)19-40-4)42(38,39)31-17-30-27(16-22(31)2)34-32(37)20-41-30/h7-13,16-17,28-29,33H,5-6,14-15,18-20H2,1-4H3,(H,34,37)/t28-,29?,33?/m0/s1. The Bertz CT molecular complexity index is 1600. The summed E-state index contributed by atoms with van der Waals surface area (Å²) in [6, 6.07) is 18.7. The Labute approximate surface area is 248 Å². The highest BCUT2D eigenvalue weighted by molar-refractivity contribution is 7.89. The summed E-state index contributed by atoms with van der Waals surface area (Å²) in [4.78, 5) is 14.4. The van der Waals surface area contributed by atoms with Crippen LogP contribution < -0.4 is 10.1 Å². The third-order valence-electron chi connectivity index (χ3n) is 9.22. The largest absolute Gasteiger partial charge is 0.482 e. The van der Waals surface area contributed by atoms with Crippen LogP contribution in [0, 0.1) is 20.8 Å². The van der Waals surface area contributed by atoms with Crippen molar-refractivity contribution in [3.05, 3.63) is 76.9 Å². The first-order chi connectivity index (χ1) is 20.2. The number of hydrogen-bond acceptors (Lipinski definition) is 6. The van der Waals surface area contributed by atoms with E-state index in [-0.39, 0.29) is 35.4 Å². The van der Waals surface area contributed by atoms with Gasteiger partial charge in [0.15, 0.2) is 6.61 Å². The summed E-state index contributed by atoms with van der Waals surface area (Å²) in [5, 5.41) is 2.77. The van der Waals surface area contributed by atoms with Crippen LogP contribution in [0.3, 0.4) is 0 Å². The first-order valence-corrected chi connectivity index (χ1v) is 16.1. The molecule has 3 aromatic rings. The average molecular weight is 590 g/mol. The summed E-state index contributed by atoms with van der Waals surface area (Å²) >= 11 is 0. The number of nitrogens with one attached hydrogen (secondary N) is 1. The number of hydrogen-bond donors (Lipinski definition) is 1. The zero-order chi connectivity index (χ0) is 29.6. The summed E-state index contributed by atoms with van der Waals surface area (Å²) < 4.78 is 41.2. The van der Waals surface area contributed by atoms with Crippen LogP contribution in [-0.2, 0) is 19.6 Å². The van der Waals surface area contributed by atoms with Gasteiger partial charge in [0.2, 0.25) is 10.0 Å². The van der Waals surface area contributed by atoms with Crippen molar-refractivity contribution in [3.63, 3.8) is 0 Å². The molecule has 3 aromatic carbocycles. The molecule has 3 atom stereocenters. The lowest BCUT2D eigenvalue weighted by molar-refractivity contribution is -0.118. The highest BCUT2D eigenvalue weighted by atomic mass is 32.2. The van der Waals surface area contributed by atoms with Gasteiger partial charge >= 0.3 is 0 Å². The predicted octanol–water partition coefficient (Wildman–Crippen LogP) is 4.88. The summed E-state index contributed by atoms with van der Waals surface area (Å²) in [7, 11) is -2.07. The Kier molecular flexibility index (Phi) is 7.87. The number of fused-ring (bicyclic) bond motifs is 2. The molecule has 9 heteroatoms. The summed E-state index contributed by atoms with van der Waals surface area (Å²) in [6.07, 6.45) is 1.70. The molecule has 3 aliphatic rings. The quantitative estimate of drug-likeness (QED) is 0.441. The number of carbonyl (C=O) groups excluding carboxylic acids is 1. The van der Waals surface area contributed by atoms with Gasteiger partial charge in [-0.25, -0.2) is 8.42 Å². The number of anilines is 1. The van der Waals surface area contributed by atoms with E-state index in [0.29, 0.717) is 36.7 Å². The zero-order valence-electron chi connectivity index (χ0n) is 24.7. The lowest BCUT2D eigenvalue weighted by atomic mass is 9.74. The minimum atomic E-state index is -3.81. The molecule has 0 aromatic heterocycles. The monoisotopic (exact) mass is 589 g/mol. The first kappa shape index (κ1) is 28.9. The van der Waals surface area contributed by atoms with Crippen LogP contribution in [0.5, 0.6) is 5.75 Å². The van der Waals surface area contributed by atoms with Crippen LogP contribution in [0.4, 0.5) is 5.69 Å². The van der Waals surface area contributed by atoms with Crippen molar-refractivity contribution in [2.75, 3.05) is 45.3 Å². The normalized spacial score (nSPS) is 23.0. The third kappa shape index (κ3) is 5.13. The van der Waals surface area contributed by atoms with E-state index in [2.05, 4.69) is 66.5 Å². The molecule has 0 radical (unpaired) electrons. The number of nitrogens with zero attached hydrogens (tertiary/aromatic N) is 2. The van der Waals surface area contributed by atoms with Crippen LogP contribution in [0.25, 0.3) is 11.1 Å². The van der Waals surface area contributed by atoms with Crippen LogP contribution in [-0.4, -0.2) is 75.6 Å². The minimum absolute atomic E-state index is 0.0419. The van der Waals surface area contributed by atoms with Crippen molar-refractivity contribution in [1.29, 1.82) is 0 Å². The molecule has 6 rings (SSSR count). The molecule has 2 unspecified atom stereocenters. The van der Waals surface area contributed by atoms with Crippen molar-refractivity contribution in [3.8, 4) is 16.9 Å². The highest BCUT2D eigenvalue weighted by Gasteiger charge is 2.50. The van der Waals surface area contributed by atoms with E-state index in [9.17, 15) is 13.2 Å². The van der Waals surface area contributed by atoms with E-state index in [0.717, 1.165) is 19.4 Å². The number of ether oxygens (including phenoxy) is 2. The number of methoxy groups -OCH3 is 1. The Morgan fingerprint density at radius 3 is 2.52 bits per heavy atom. The van der Waals surface area contributed by atoms with Crippen LogP contribution in [0.1, 0.15) is 41.0 Å². The van der Waals surface area contributed by atoms with Gasteiger partial charge in [-0.3, -0.25) is 9.69 Å². The molecular weight excluding hydrogens is 550 g/mol. The summed E-state index contributed by atoms with van der Waals surface area (Å²) in [5.41, 5.74) is 7.27. The zero-order valence-corrected chi connectivity index (χ0v) is 25.5. The van der Waals surface area contributed by atoms with E-state index in [1.165, 1.54) is 27.8 Å². The molecule has 0 spiro atoms. The van der Waals surface area contributed by atoms with Gasteiger partial charge in [-0.2, -0.15) is 4.31 Å². The van der Waals surface area contributed by atoms with Gasteiger partial charge in [-0.1, -0.05) is 42.5 Å². The van der Waals surface area contributed by atoms with E-state index in [4.69, 9.17) is 9.47 Å². The van der Waals surface area contributed by atoms with Gasteiger partial charge in [0.05, 0.1) is 17.2 Å². The van der Waals surface area contributed by atoms with Crippen molar-refractivity contribution in [2.24, 2.45) is 0 Å². The molecule has 2 fully saturated rings. The Morgan fingerprint density at radius 2 is 1.76 bits per heavy atom. The van der Waals surface area contributed by atoms with Crippen LogP contribution >= 0.6 is 0 Å². The molecule has 1 N–H and O–H groups in total. The fraction of sp³-hybridized carbons (Fsp3) is 0.424. The van der Waals surface area contributed by atoms with E-state index in [1.54, 1.807) is 30.5 Å². The molecule has 222 valence electrons. The maximum atomic E-state index is 14.2. The lowest BCUT2D eigenvalue weighted by Gasteiger charge is -2.57. The third-order valence-corrected chi connectivity index (χ3v) is 11.2. The molecule has 3 aliphatic heterocycles. The number of benzene rings is 3. The van der Waals surface area contributed by atoms with E-state index < -0.39 is 10.0 Å². The Hall–Kier alpha value is -3.24. The molecule has 3 heterocycles. The Morgan fingerprint density at radius 1 is 1.00 bits per heavy atom. The number of carbonyl (C=O) groups is 1. The van der Waals surface area contributed by atoms with Gasteiger partial charge in [-0.15, -0.1) is 0 Å². The van der Waals surface area contributed by atoms with Gasteiger partial charge in [0, 0.05) is 44.3 Å². The second kappa shape index (κ2) is 11.4. The smallest absolute Gasteiger partial charge is 0.262 e. The minimum Gasteiger partial charge on any atom is -0.482 e. The van der Waals surface area contributed by atoms with E-state index >= 15 is 0 Å². The average Bonchev–Trinajstić information content (AvgIpc) is 2.95. The van der Waals surface area contributed by atoms with Crippen molar-refractivity contribution in [2.45, 2.75) is 56.5 Å². The maximum Gasteiger partial charge on any atom is 0.262 e. The first-order valence-electron chi connectivity index (χ1n) is 14.7. The number of amides is 1. The van der Waals surface area contributed by atoms with Gasteiger partial charge in [-0.05, 0) is 79.6 Å². The molecule has 8 nitrogen and oxygen atoms in total. The molecular formula is C33H39N3O5S. The molecule has 1 amide bonds. The lowest BCUT2D eigenvalue weighted by Crippen LogP contribution is -2.68. The number of sulfonamides is 1. The van der Waals surface area contributed by atoms with Gasteiger partial charge < -0.3 is 14.8 Å². The summed E-state index contributed by atoms with van der Waals surface area (Å²) in [6.45, 7) is 8.33. The highest BCUT2D eigenvalue weighted by Crippen LogP contribution is 2.44. The van der Waals surface area contributed by atoms with Crippen molar-refractivity contribution < 1.29 is 22.7 Å². The SMILES string of the molecule is COCC1C(c2ccc(-c3cccc(C)c3C)cc2)[C@@H]2CN(S(=O)(=O)c3cc4c(cc3C)NC(=O)CO4)CCCCN12. The Balaban J connectivity index is 1.30. The molecule has 2 saturated heterocycles. The fourth-order valence-electron chi connectivity index (χ4n) is 6.86. The number of rotatable bonds is 6. The second-order valence-electron chi connectivity index (χ2n) is 11.7. The topological polar surface area (TPSA) is 88.2 Å².